The second kappa shape index (κ2) is 27.7. The third-order valence-electron chi connectivity index (χ3n) is 20.1. The maximum atomic E-state index is 2.38. The summed E-state index contributed by atoms with van der Waals surface area (Å²) in [6.45, 7) is 0. The summed E-state index contributed by atoms with van der Waals surface area (Å²) in [5.41, 5.74) is 24.3. The number of aromatic nitrogens is 2. The Labute approximate surface area is 624 Å². The molecule has 6 nitrogen and oxygen atoms in total. The van der Waals surface area contributed by atoms with E-state index < -0.39 is 0 Å². The maximum Gasteiger partial charge on any atom is 0.0542 e. The summed E-state index contributed by atoms with van der Waals surface area (Å²) in [4.78, 5) is 14.4. The van der Waals surface area contributed by atoms with E-state index >= 15 is 0 Å². The molecule has 0 unspecified atom stereocenters. The van der Waals surface area contributed by atoms with Crippen LogP contribution in [-0.2, 0) is 0 Å². The molecule has 0 saturated heterocycles. The van der Waals surface area contributed by atoms with E-state index in [-0.39, 0.29) is 0 Å². The molecule has 0 radical (unpaired) electrons. The summed E-state index contributed by atoms with van der Waals surface area (Å²) in [7, 11) is 0. The zero-order chi connectivity index (χ0) is 70.3. The van der Waals surface area contributed by atoms with Gasteiger partial charge in [0.05, 0.1) is 22.1 Å². The Morgan fingerprint density at radius 1 is 0.160 bits per heavy atom. The van der Waals surface area contributed by atoms with Crippen LogP contribution >= 0.6 is 22.7 Å². The summed E-state index contributed by atoms with van der Waals surface area (Å²) >= 11 is 3.64. The van der Waals surface area contributed by atoms with Crippen LogP contribution in [0.2, 0.25) is 0 Å². The van der Waals surface area contributed by atoms with Crippen molar-refractivity contribution in [1.29, 1.82) is 0 Å². The largest absolute Gasteiger partial charge is 0.311 e. The van der Waals surface area contributed by atoms with Crippen molar-refractivity contribution in [2.75, 3.05) is 19.6 Å². The minimum absolute atomic E-state index is 1.02. The molecule has 0 aliphatic carbocycles. The number of hydrogen-bond donors (Lipinski definition) is 0. The van der Waals surface area contributed by atoms with E-state index in [0.29, 0.717) is 0 Å². The highest BCUT2D eigenvalue weighted by atomic mass is 32.1. The molecule has 4 aromatic heterocycles. The van der Waals surface area contributed by atoms with Gasteiger partial charge < -0.3 is 28.7 Å². The van der Waals surface area contributed by atoms with E-state index in [2.05, 4.69) is 441 Å². The number of fused-ring (bicyclic) bond motifs is 6. The summed E-state index contributed by atoms with van der Waals surface area (Å²) in [6.07, 6.45) is 0. The Morgan fingerprint density at radius 3 is 0.689 bits per heavy atom. The van der Waals surface area contributed by atoms with E-state index in [9.17, 15) is 0 Å². The average molecular weight is 1390 g/mol. The van der Waals surface area contributed by atoms with Crippen molar-refractivity contribution in [3.05, 3.63) is 413 Å². The van der Waals surface area contributed by atoms with Gasteiger partial charge in [0.15, 0.2) is 0 Å². The first-order valence-electron chi connectivity index (χ1n) is 35.9. The van der Waals surface area contributed by atoms with Crippen LogP contribution in [0.15, 0.2) is 413 Å². The van der Waals surface area contributed by atoms with E-state index in [1.165, 1.54) is 74.3 Å². The molecule has 8 heteroatoms. The Hall–Kier alpha value is -13.5. The Kier molecular flexibility index (Phi) is 16.6. The fraction of sp³-hybridized carbons (Fsp3) is 0. The van der Waals surface area contributed by atoms with Crippen molar-refractivity contribution in [1.82, 2.24) is 9.13 Å². The zero-order valence-corrected chi connectivity index (χ0v) is 59.4. The molecule has 19 rings (SSSR count). The Balaban J connectivity index is 0.710. The molecule has 0 spiro atoms. The number of rotatable bonds is 18. The lowest BCUT2D eigenvalue weighted by atomic mass is 10.1. The van der Waals surface area contributed by atoms with E-state index in [1.807, 2.05) is 22.7 Å². The quantitative estimate of drug-likeness (QED) is 0.0854. The van der Waals surface area contributed by atoms with Gasteiger partial charge in [0, 0.05) is 121 Å². The Bertz CT molecular complexity index is 5890. The lowest BCUT2D eigenvalue weighted by molar-refractivity contribution is 1.18. The molecule has 19 aromatic rings. The predicted octanol–water partition coefficient (Wildman–Crippen LogP) is 28.6. The lowest BCUT2D eigenvalue weighted by Gasteiger charge is -2.30. The second-order valence-corrected chi connectivity index (χ2v) is 28.7. The van der Waals surface area contributed by atoms with Gasteiger partial charge in [-0.3, -0.25) is 0 Å². The van der Waals surface area contributed by atoms with Gasteiger partial charge in [-0.15, -0.1) is 22.7 Å². The molecule has 0 N–H and O–H groups in total. The first-order valence-corrected chi connectivity index (χ1v) is 37.5. The number of nitrogens with zero attached hydrogens (tertiary/aromatic N) is 6. The lowest BCUT2D eigenvalue weighted by Crippen LogP contribution is -2.13. The first kappa shape index (κ1) is 63.4. The van der Waals surface area contributed by atoms with E-state index in [0.717, 1.165) is 90.7 Å². The van der Waals surface area contributed by atoms with Crippen LogP contribution < -0.4 is 19.6 Å². The zero-order valence-electron chi connectivity index (χ0n) is 57.8. The van der Waals surface area contributed by atoms with Crippen LogP contribution in [0.1, 0.15) is 0 Å². The molecule has 15 aromatic carbocycles. The number of anilines is 12. The second-order valence-electron chi connectivity index (χ2n) is 26.5. The minimum atomic E-state index is 1.02. The van der Waals surface area contributed by atoms with Gasteiger partial charge in [-0.25, -0.2) is 0 Å². The van der Waals surface area contributed by atoms with E-state index in [1.54, 1.807) is 0 Å². The molecule has 4 heterocycles. The molecule has 0 fully saturated rings. The van der Waals surface area contributed by atoms with Crippen LogP contribution in [0.3, 0.4) is 0 Å². The number of hydrogen-bond acceptors (Lipinski definition) is 6. The van der Waals surface area contributed by atoms with Gasteiger partial charge in [-0.05, 0) is 241 Å². The molecule has 0 atom stereocenters. The van der Waals surface area contributed by atoms with Crippen LogP contribution in [-0.4, -0.2) is 9.13 Å². The van der Waals surface area contributed by atoms with Crippen molar-refractivity contribution in [3.63, 3.8) is 0 Å². The van der Waals surface area contributed by atoms with Crippen LogP contribution in [0.4, 0.5) is 68.2 Å². The molecular weight excluding hydrogens is 1330 g/mol. The van der Waals surface area contributed by atoms with Gasteiger partial charge in [-0.2, -0.15) is 0 Å². The topological polar surface area (TPSA) is 22.8 Å². The molecule has 0 amide bonds. The molecule has 0 aliphatic heterocycles. The average Bonchev–Trinajstić information content (AvgIpc) is 1.59. The van der Waals surface area contributed by atoms with Crippen molar-refractivity contribution in [3.8, 4) is 53.1 Å². The fourth-order valence-corrected chi connectivity index (χ4v) is 17.2. The van der Waals surface area contributed by atoms with Crippen molar-refractivity contribution in [2.24, 2.45) is 0 Å². The van der Waals surface area contributed by atoms with Crippen LogP contribution in [0.5, 0.6) is 0 Å². The number of thiophene rings is 2. The SMILES string of the molecule is c1ccc(-c2ccc(-c3ccc(N(c4ccc(N(c5ccc(-c6ccc(-c7ccccc7)s6)cc5)c5ccc(N(c6ccccc6)c6ccc7c(c6)c6ccccc6n7-c6ccccc6)cc5)cc4)c4ccc(N(c5ccccc5)c5ccc6c(c5)c5ccccc5n6-c5ccccc5)cc4)cc3)s2)cc1. The normalized spacial score (nSPS) is 11.4. The molecule has 106 heavy (non-hydrogen) atoms. The summed E-state index contributed by atoms with van der Waals surface area (Å²) in [5.74, 6) is 0. The maximum absolute atomic E-state index is 2.38. The summed E-state index contributed by atoms with van der Waals surface area (Å²) in [5, 5.41) is 4.81. The highest BCUT2D eigenvalue weighted by Crippen LogP contribution is 2.47. The highest BCUT2D eigenvalue weighted by molar-refractivity contribution is 7.19. The van der Waals surface area contributed by atoms with Gasteiger partial charge >= 0.3 is 0 Å². The highest BCUT2D eigenvalue weighted by Gasteiger charge is 2.24. The summed E-state index contributed by atoms with van der Waals surface area (Å²) in [6, 6.07) is 150. The van der Waals surface area contributed by atoms with Gasteiger partial charge in [0.2, 0.25) is 0 Å². The molecule has 0 bridgehead atoms. The summed E-state index contributed by atoms with van der Waals surface area (Å²) < 4.78 is 4.75. The third-order valence-corrected chi connectivity index (χ3v) is 22.5. The van der Waals surface area contributed by atoms with Crippen molar-refractivity contribution >= 4 is 135 Å². The molecule has 502 valence electrons. The van der Waals surface area contributed by atoms with E-state index in [4.69, 9.17) is 0 Å². The van der Waals surface area contributed by atoms with Crippen LogP contribution in [0.25, 0.3) is 96.7 Å². The van der Waals surface area contributed by atoms with Gasteiger partial charge in [0.25, 0.3) is 0 Å². The van der Waals surface area contributed by atoms with Crippen molar-refractivity contribution in [2.45, 2.75) is 0 Å². The third kappa shape index (κ3) is 11.9. The molecular formula is C98H68N6S2. The Morgan fingerprint density at radius 2 is 0.377 bits per heavy atom. The smallest absolute Gasteiger partial charge is 0.0542 e. The van der Waals surface area contributed by atoms with Crippen LogP contribution in [0, 0.1) is 0 Å². The van der Waals surface area contributed by atoms with Gasteiger partial charge in [0.1, 0.15) is 0 Å². The number of benzene rings is 15. The minimum Gasteiger partial charge on any atom is -0.311 e. The predicted molar refractivity (Wildman–Crippen MR) is 451 cm³/mol. The monoisotopic (exact) mass is 1390 g/mol. The van der Waals surface area contributed by atoms with Gasteiger partial charge in [-0.1, -0.05) is 194 Å². The molecule has 0 aliphatic rings. The molecule has 0 saturated carbocycles. The first-order chi connectivity index (χ1) is 52.6. The fourth-order valence-electron chi connectivity index (χ4n) is 15.2. The standard InChI is InChI=1S/C98H68N6S2/c1-7-23-69(24-8-1)95-63-65-97(105-95)71-39-43-77(44-40-71)99(81-51-55-83(56-52-81)101(73-27-11-3-12-28-73)85-59-61-93-89(67-85)87-35-19-21-37-91(87)103(93)75-31-15-5-16-32-75)79-47-49-80(50-48-79)100(78-45-41-72(42-46-78)98-66-64-96(106-98)70-25-9-2-10-26-70)82-53-57-84(58-54-82)102(74-29-13-4-14-30-74)86-60-62-94-90(68-86)88-36-20-22-38-92(88)104(94)76-33-17-6-18-34-76/h1-68H. The number of para-hydroxylation sites is 6. The van der Waals surface area contributed by atoms with Crippen molar-refractivity contribution < 1.29 is 0 Å².